The Bertz CT molecular complexity index is 1230. The molecule has 2 heterocycles. The molecule has 3 N–H and O–H groups in total. The minimum atomic E-state index is -0.0169. The molecule has 0 bridgehead atoms. The minimum absolute atomic E-state index is 0.0169. The molecule has 208 valence electrons. The first-order valence-corrected chi connectivity index (χ1v) is 14.0. The van der Waals surface area contributed by atoms with E-state index >= 15 is 0 Å². The van der Waals surface area contributed by atoms with Crippen molar-refractivity contribution in [3.63, 3.8) is 0 Å². The number of nitrogens with zero attached hydrogens (tertiary/aromatic N) is 3. The van der Waals surface area contributed by atoms with Crippen LogP contribution in [0.1, 0.15) is 58.8 Å². The molecule has 2 aromatic carbocycles. The van der Waals surface area contributed by atoms with Gasteiger partial charge in [-0.3, -0.25) is 9.78 Å². The summed E-state index contributed by atoms with van der Waals surface area (Å²) in [5.41, 5.74) is 12.9. The number of rotatable bonds is 10. The molecule has 1 saturated heterocycles. The fraction of sp³-hybridized carbons (Fsp3) is 0.438. The van der Waals surface area contributed by atoms with E-state index in [0.29, 0.717) is 24.3 Å². The quantitative estimate of drug-likeness (QED) is 0.348. The normalized spacial score (nSPS) is 15.1. The number of piperidine rings is 1. The number of pyridine rings is 1. The third-order valence-electron chi connectivity index (χ3n) is 8.09. The van der Waals surface area contributed by atoms with Crippen LogP contribution >= 0.6 is 0 Å². The molecular formula is C32H43N5O2. The largest absolute Gasteiger partial charge is 0.497 e. The fourth-order valence-electron chi connectivity index (χ4n) is 5.71. The summed E-state index contributed by atoms with van der Waals surface area (Å²) in [5.74, 6) is 0.852. The van der Waals surface area contributed by atoms with Gasteiger partial charge in [0.2, 0.25) is 0 Å². The zero-order chi connectivity index (χ0) is 27.9. The number of methoxy groups -OCH3 is 1. The number of benzene rings is 2. The van der Waals surface area contributed by atoms with Gasteiger partial charge in [0.25, 0.3) is 5.91 Å². The second-order valence-electron chi connectivity index (χ2n) is 10.8. The van der Waals surface area contributed by atoms with Crippen LogP contribution in [-0.2, 0) is 6.54 Å². The maximum absolute atomic E-state index is 12.8. The van der Waals surface area contributed by atoms with E-state index in [2.05, 4.69) is 52.1 Å². The number of anilines is 2. The number of ether oxygens (including phenoxy) is 1. The van der Waals surface area contributed by atoms with Gasteiger partial charge < -0.3 is 25.6 Å². The maximum atomic E-state index is 12.8. The number of nitrogens with one attached hydrogen (secondary N) is 1. The van der Waals surface area contributed by atoms with E-state index < -0.39 is 0 Å². The standard InChI is InChI=1S/C32H43N5O2/c1-22-10-14-34-20-26(22)21-37(28-6-8-30(39-5)9-7-28)29-12-16-36(17-13-29)25(4)11-15-35-32(38)31-23(2)18-27(33)19-24(31)3/h6-10,14,18-20,25,29H,11-13,15-17,21,33H2,1-5H3,(H,35,38). The predicted octanol–water partition coefficient (Wildman–Crippen LogP) is 5.28. The molecule has 0 aliphatic carbocycles. The van der Waals surface area contributed by atoms with Crippen LogP contribution in [0.5, 0.6) is 5.75 Å². The first-order valence-electron chi connectivity index (χ1n) is 14.0. The molecule has 39 heavy (non-hydrogen) atoms. The van der Waals surface area contributed by atoms with Crippen LogP contribution in [-0.4, -0.2) is 54.6 Å². The number of nitrogens with two attached hydrogens (primary N) is 1. The second kappa shape index (κ2) is 13.0. The second-order valence-corrected chi connectivity index (χ2v) is 10.8. The van der Waals surface area contributed by atoms with Crippen molar-refractivity contribution < 1.29 is 9.53 Å². The van der Waals surface area contributed by atoms with Gasteiger partial charge in [-0.15, -0.1) is 0 Å². The van der Waals surface area contributed by atoms with Crippen molar-refractivity contribution in [3.05, 3.63) is 82.7 Å². The summed E-state index contributed by atoms with van der Waals surface area (Å²) in [5, 5.41) is 3.13. The minimum Gasteiger partial charge on any atom is -0.497 e. The molecule has 7 heteroatoms. The molecule has 0 spiro atoms. The van der Waals surface area contributed by atoms with Crippen molar-refractivity contribution in [3.8, 4) is 5.75 Å². The number of aromatic nitrogens is 1. The van der Waals surface area contributed by atoms with Gasteiger partial charge in [0.1, 0.15) is 5.75 Å². The lowest BCUT2D eigenvalue weighted by molar-refractivity contribution is 0.0944. The Kier molecular flexibility index (Phi) is 9.46. The molecule has 1 aliphatic rings. The first-order chi connectivity index (χ1) is 18.8. The lowest BCUT2D eigenvalue weighted by atomic mass is 9.98. The van der Waals surface area contributed by atoms with Crippen molar-refractivity contribution in [2.75, 3.05) is 37.4 Å². The Balaban J connectivity index is 1.34. The fourth-order valence-corrected chi connectivity index (χ4v) is 5.71. The van der Waals surface area contributed by atoms with Crippen molar-refractivity contribution in [1.82, 2.24) is 15.2 Å². The Morgan fingerprint density at radius 2 is 1.77 bits per heavy atom. The predicted molar refractivity (Wildman–Crippen MR) is 159 cm³/mol. The highest BCUT2D eigenvalue weighted by atomic mass is 16.5. The molecule has 0 saturated carbocycles. The Morgan fingerprint density at radius 1 is 1.10 bits per heavy atom. The summed E-state index contributed by atoms with van der Waals surface area (Å²) < 4.78 is 5.39. The summed E-state index contributed by atoms with van der Waals surface area (Å²) in [6.07, 6.45) is 6.94. The Morgan fingerprint density at radius 3 is 2.38 bits per heavy atom. The van der Waals surface area contributed by atoms with Crippen molar-refractivity contribution in [2.24, 2.45) is 0 Å². The smallest absolute Gasteiger partial charge is 0.251 e. The third-order valence-corrected chi connectivity index (χ3v) is 8.09. The van der Waals surface area contributed by atoms with Crippen molar-refractivity contribution >= 4 is 17.3 Å². The average molecular weight is 530 g/mol. The molecular weight excluding hydrogens is 486 g/mol. The van der Waals surface area contributed by atoms with Crippen LogP contribution in [0, 0.1) is 20.8 Å². The van der Waals surface area contributed by atoms with E-state index in [4.69, 9.17) is 10.5 Å². The number of amides is 1. The van der Waals surface area contributed by atoms with Crippen LogP contribution < -0.4 is 20.7 Å². The van der Waals surface area contributed by atoms with Crippen LogP contribution in [0.4, 0.5) is 11.4 Å². The number of carbonyl (C=O) groups excluding carboxylic acids is 1. The average Bonchev–Trinajstić information content (AvgIpc) is 2.92. The number of carbonyl (C=O) groups is 1. The van der Waals surface area contributed by atoms with E-state index in [-0.39, 0.29) is 5.91 Å². The SMILES string of the molecule is COc1ccc(N(Cc2cnccc2C)C2CCN(C(C)CCNC(=O)c3c(C)cc(N)cc3C)CC2)cc1. The van der Waals surface area contributed by atoms with Crippen LogP contribution in [0.3, 0.4) is 0 Å². The van der Waals surface area contributed by atoms with E-state index in [1.165, 1.54) is 16.8 Å². The van der Waals surface area contributed by atoms with Crippen molar-refractivity contribution in [1.29, 1.82) is 0 Å². The van der Waals surface area contributed by atoms with Crippen LogP contribution in [0.25, 0.3) is 0 Å². The van der Waals surface area contributed by atoms with Crippen LogP contribution in [0.15, 0.2) is 54.9 Å². The molecule has 1 aromatic heterocycles. The van der Waals surface area contributed by atoms with Gasteiger partial charge in [-0.05, 0) is 112 Å². The number of hydrogen-bond acceptors (Lipinski definition) is 6. The summed E-state index contributed by atoms with van der Waals surface area (Å²) in [6, 6.07) is 15.0. The highest BCUT2D eigenvalue weighted by Gasteiger charge is 2.27. The first kappa shape index (κ1) is 28.4. The summed E-state index contributed by atoms with van der Waals surface area (Å²) in [4.78, 5) is 22.3. The lowest BCUT2D eigenvalue weighted by Gasteiger charge is -2.42. The highest BCUT2D eigenvalue weighted by Crippen LogP contribution is 2.29. The monoisotopic (exact) mass is 529 g/mol. The maximum Gasteiger partial charge on any atom is 0.251 e. The van der Waals surface area contributed by atoms with Gasteiger partial charge in [0.15, 0.2) is 0 Å². The number of likely N-dealkylation sites (tertiary alicyclic amines) is 1. The van der Waals surface area contributed by atoms with E-state index in [1.807, 2.05) is 50.5 Å². The summed E-state index contributed by atoms with van der Waals surface area (Å²) >= 11 is 0. The van der Waals surface area contributed by atoms with E-state index in [9.17, 15) is 4.79 Å². The van der Waals surface area contributed by atoms with E-state index in [1.54, 1.807) is 7.11 Å². The van der Waals surface area contributed by atoms with Gasteiger partial charge >= 0.3 is 0 Å². The summed E-state index contributed by atoms with van der Waals surface area (Å²) in [6.45, 7) is 11.9. The van der Waals surface area contributed by atoms with Gasteiger partial charge in [-0.2, -0.15) is 0 Å². The van der Waals surface area contributed by atoms with Gasteiger partial charge in [0.05, 0.1) is 7.11 Å². The molecule has 1 amide bonds. The van der Waals surface area contributed by atoms with Crippen molar-refractivity contribution in [2.45, 2.75) is 65.6 Å². The molecule has 1 aliphatic heterocycles. The lowest BCUT2D eigenvalue weighted by Crippen LogP contribution is -2.48. The summed E-state index contributed by atoms with van der Waals surface area (Å²) in [7, 11) is 1.70. The van der Waals surface area contributed by atoms with E-state index in [0.717, 1.165) is 61.3 Å². The zero-order valence-corrected chi connectivity index (χ0v) is 24.0. The van der Waals surface area contributed by atoms with Gasteiger partial charge in [-0.25, -0.2) is 0 Å². The molecule has 1 fully saturated rings. The molecule has 4 rings (SSSR count). The third kappa shape index (κ3) is 7.09. The number of nitrogen functional groups attached to an aromatic ring is 1. The van der Waals surface area contributed by atoms with Crippen LogP contribution in [0.2, 0.25) is 0 Å². The molecule has 3 aromatic rings. The molecule has 1 atom stereocenters. The topological polar surface area (TPSA) is 83.7 Å². The molecule has 1 unspecified atom stereocenters. The Hall–Kier alpha value is -3.58. The zero-order valence-electron chi connectivity index (χ0n) is 24.0. The number of aryl methyl sites for hydroxylation is 3. The highest BCUT2D eigenvalue weighted by molar-refractivity contribution is 5.97. The molecule has 7 nitrogen and oxygen atoms in total. The molecule has 0 radical (unpaired) electrons. The number of hydrogen-bond donors (Lipinski definition) is 2. The Labute approximate surface area is 233 Å². The van der Waals surface area contributed by atoms with Gasteiger partial charge in [-0.1, -0.05) is 0 Å². The van der Waals surface area contributed by atoms with Gasteiger partial charge in [0, 0.05) is 67.6 Å².